The Hall–Kier alpha value is -3.43. The number of fused-ring (bicyclic) bond motifs is 1. The Balaban J connectivity index is 1.80. The van der Waals surface area contributed by atoms with Crippen LogP contribution in [0.3, 0.4) is 0 Å². The van der Waals surface area contributed by atoms with Crippen LogP contribution in [0.4, 0.5) is 21.5 Å². The van der Waals surface area contributed by atoms with Crippen LogP contribution in [-0.2, 0) is 19.6 Å². The number of hydrogen-bond acceptors (Lipinski definition) is 4. The summed E-state index contributed by atoms with van der Waals surface area (Å²) in [5, 5.41) is 5.57. The van der Waals surface area contributed by atoms with Crippen LogP contribution in [-0.4, -0.2) is 26.3 Å². The molecule has 2 N–H and O–H groups in total. The molecule has 0 bridgehead atoms. The molecule has 0 saturated carbocycles. The van der Waals surface area contributed by atoms with Gasteiger partial charge in [-0.1, -0.05) is 35.4 Å². The lowest BCUT2D eigenvalue weighted by Crippen LogP contribution is -2.52. The topological polar surface area (TPSA) is 95.6 Å². The molecule has 0 aromatic heterocycles. The molecule has 0 radical (unpaired) electrons. The molecule has 0 spiro atoms. The maximum atomic E-state index is 14.1. The number of benzene rings is 3. The predicted octanol–water partition coefficient (Wildman–Crippen LogP) is 5.26. The third-order valence-electron chi connectivity index (χ3n) is 6.01. The molecule has 1 heterocycles. The minimum absolute atomic E-state index is 0.0649. The number of sulfonamides is 1. The number of nitrogens with zero attached hydrogens (tertiary/aromatic N) is 1. The van der Waals surface area contributed by atoms with Gasteiger partial charge in [0.25, 0.3) is 10.0 Å². The Morgan fingerprint density at radius 2 is 1.69 bits per heavy atom. The third-order valence-corrected chi connectivity index (χ3v) is 8.38. The molecule has 36 heavy (non-hydrogen) atoms. The van der Waals surface area contributed by atoms with Gasteiger partial charge in [-0.05, 0) is 74.7 Å². The Morgan fingerprint density at radius 3 is 2.36 bits per heavy atom. The van der Waals surface area contributed by atoms with Crippen molar-refractivity contribution in [1.29, 1.82) is 0 Å². The van der Waals surface area contributed by atoms with E-state index in [0.717, 1.165) is 9.87 Å². The molecule has 10 heteroatoms. The van der Waals surface area contributed by atoms with E-state index >= 15 is 0 Å². The van der Waals surface area contributed by atoms with E-state index in [0.29, 0.717) is 21.7 Å². The minimum Gasteiger partial charge on any atom is -0.326 e. The first-order valence-corrected chi connectivity index (χ1v) is 13.0. The molecule has 0 fully saturated rings. The van der Waals surface area contributed by atoms with Crippen molar-refractivity contribution in [2.75, 3.05) is 14.9 Å². The van der Waals surface area contributed by atoms with Crippen LogP contribution in [0.2, 0.25) is 5.02 Å². The van der Waals surface area contributed by atoms with E-state index in [1.54, 1.807) is 32.9 Å². The van der Waals surface area contributed by atoms with E-state index in [9.17, 15) is 22.4 Å². The lowest BCUT2D eigenvalue weighted by molar-refractivity contribution is -0.122. The van der Waals surface area contributed by atoms with Crippen LogP contribution in [0, 0.1) is 33.5 Å². The van der Waals surface area contributed by atoms with Gasteiger partial charge in [0.2, 0.25) is 11.8 Å². The summed E-state index contributed by atoms with van der Waals surface area (Å²) >= 11 is 6.10. The standard InChI is InChI=1S/C26H25ClFN3O4S/c1-14-9-16(3)25(17(4)10-14)36(34,35)31-22-8-6-18(27)11-21(22)30-26(33)23(31)13-24(32)29-20-12-19(28)7-5-15(20)2/h5-12,23H,13H2,1-4H3,(H,29,32)(H,30,33). The number of carbonyl (C=O) groups is 2. The van der Waals surface area contributed by atoms with Crippen molar-refractivity contribution in [3.63, 3.8) is 0 Å². The molecule has 3 aromatic rings. The number of hydrogen-bond donors (Lipinski definition) is 2. The van der Waals surface area contributed by atoms with Gasteiger partial charge in [0.1, 0.15) is 11.9 Å². The smallest absolute Gasteiger partial charge is 0.265 e. The second-order valence-corrected chi connectivity index (χ2v) is 11.1. The molecule has 0 saturated heterocycles. The molecular formula is C26H25ClFN3O4S. The van der Waals surface area contributed by atoms with E-state index in [1.165, 1.54) is 36.4 Å². The number of aryl methyl sites for hydroxylation is 4. The average Bonchev–Trinajstić information content (AvgIpc) is 2.75. The maximum absolute atomic E-state index is 14.1. The molecule has 1 aliphatic heterocycles. The van der Waals surface area contributed by atoms with Crippen molar-refractivity contribution in [2.24, 2.45) is 0 Å². The highest BCUT2D eigenvalue weighted by atomic mass is 35.5. The minimum atomic E-state index is -4.29. The monoisotopic (exact) mass is 529 g/mol. The summed E-state index contributed by atoms with van der Waals surface area (Å²) in [5.74, 6) is -1.85. The van der Waals surface area contributed by atoms with Crippen LogP contribution in [0.1, 0.15) is 28.7 Å². The van der Waals surface area contributed by atoms with E-state index in [-0.39, 0.29) is 22.0 Å². The molecule has 3 aromatic carbocycles. The lowest BCUT2D eigenvalue weighted by Gasteiger charge is -2.37. The zero-order valence-corrected chi connectivity index (χ0v) is 21.7. The SMILES string of the molecule is Cc1cc(C)c(S(=O)(=O)N2c3ccc(Cl)cc3NC(=O)C2CC(=O)Nc2cc(F)ccc2C)c(C)c1. The fraction of sp³-hybridized carbons (Fsp3) is 0.231. The van der Waals surface area contributed by atoms with Gasteiger partial charge < -0.3 is 10.6 Å². The summed E-state index contributed by atoms with van der Waals surface area (Å²) in [6.07, 6.45) is -0.493. The van der Waals surface area contributed by atoms with Crippen molar-refractivity contribution < 1.29 is 22.4 Å². The zero-order valence-electron chi connectivity index (χ0n) is 20.1. The van der Waals surface area contributed by atoms with E-state index in [2.05, 4.69) is 10.6 Å². The van der Waals surface area contributed by atoms with Crippen LogP contribution < -0.4 is 14.9 Å². The summed E-state index contributed by atoms with van der Waals surface area (Å²) in [7, 11) is -4.29. The molecule has 1 aliphatic rings. The molecule has 4 rings (SSSR count). The van der Waals surface area contributed by atoms with Crippen LogP contribution in [0.25, 0.3) is 0 Å². The first kappa shape index (κ1) is 25.7. The molecule has 0 aliphatic carbocycles. The van der Waals surface area contributed by atoms with E-state index in [4.69, 9.17) is 11.6 Å². The number of halogens is 2. The van der Waals surface area contributed by atoms with Crippen molar-refractivity contribution in [3.05, 3.63) is 81.6 Å². The van der Waals surface area contributed by atoms with Gasteiger partial charge in [-0.3, -0.25) is 13.9 Å². The second kappa shape index (κ2) is 9.55. The highest BCUT2D eigenvalue weighted by molar-refractivity contribution is 7.93. The fourth-order valence-corrected chi connectivity index (χ4v) is 6.77. The number of nitrogens with one attached hydrogen (secondary N) is 2. The number of carbonyl (C=O) groups excluding carboxylic acids is 2. The summed E-state index contributed by atoms with van der Waals surface area (Å²) in [4.78, 5) is 26.2. The highest BCUT2D eigenvalue weighted by Crippen LogP contribution is 2.40. The van der Waals surface area contributed by atoms with E-state index in [1.807, 2.05) is 6.92 Å². The van der Waals surface area contributed by atoms with Gasteiger partial charge in [0.15, 0.2) is 0 Å². The number of amides is 2. The first-order valence-electron chi connectivity index (χ1n) is 11.2. The predicted molar refractivity (Wildman–Crippen MR) is 139 cm³/mol. The molecular weight excluding hydrogens is 505 g/mol. The Morgan fingerprint density at radius 1 is 1.03 bits per heavy atom. The zero-order chi connectivity index (χ0) is 26.4. The quantitative estimate of drug-likeness (QED) is 0.471. The maximum Gasteiger partial charge on any atom is 0.265 e. The van der Waals surface area contributed by atoms with Gasteiger partial charge in [-0.2, -0.15) is 0 Å². The van der Waals surface area contributed by atoms with Gasteiger partial charge in [0.05, 0.1) is 22.7 Å². The fourth-order valence-electron chi connectivity index (χ4n) is 4.54. The number of anilines is 3. The van der Waals surface area contributed by atoms with Crippen LogP contribution in [0.15, 0.2) is 53.4 Å². The molecule has 1 unspecified atom stereocenters. The lowest BCUT2D eigenvalue weighted by atomic mass is 10.1. The van der Waals surface area contributed by atoms with Crippen LogP contribution >= 0.6 is 11.6 Å². The van der Waals surface area contributed by atoms with Crippen molar-refractivity contribution in [1.82, 2.24) is 0 Å². The Bertz CT molecular complexity index is 1480. The molecule has 188 valence electrons. The Labute approximate surface area is 214 Å². The van der Waals surface area contributed by atoms with Crippen molar-refractivity contribution in [3.8, 4) is 0 Å². The summed E-state index contributed by atoms with van der Waals surface area (Å²) in [6.45, 7) is 6.94. The summed E-state index contributed by atoms with van der Waals surface area (Å²) in [5.41, 5.74) is 3.21. The third kappa shape index (κ3) is 4.81. The first-order chi connectivity index (χ1) is 16.9. The van der Waals surface area contributed by atoms with Crippen molar-refractivity contribution >= 4 is 50.5 Å². The average molecular weight is 530 g/mol. The van der Waals surface area contributed by atoms with Gasteiger partial charge in [-0.25, -0.2) is 12.8 Å². The molecule has 2 amide bonds. The van der Waals surface area contributed by atoms with Crippen molar-refractivity contribution in [2.45, 2.75) is 45.1 Å². The number of rotatable bonds is 5. The summed E-state index contributed by atoms with van der Waals surface area (Å²) in [6, 6.07) is 10.5. The summed E-state index contributed by atoms with van der Waals surface area (Å²) < 4.78 is 42.9. The van der Waals surface area contributed by atoms with Gasteiger partial charge in [-0.15, -0.1) is 0 Å². The molecule has 7 nitrogen and oxygen atoms in total. The van der Waals surface area contributed by atoms with Gasteiger partial charge >= 0.3 is 0 Å². The largest absolute Gasteiger partial charge is 0.326 e. The second-order valence-electron chi connectivity index (χ2n) is 8.91. The van der Waals surface area contributed by atoms with E-state index < -0.39 is 40.1 Å². The highest BCUT2D eigenvalue weighted by Gasteiger charge is 2.43. The normalized spacial score (nSPS) is 15.3. The molecule has 1 atom stereocenters. The Kier molecular flexibility index (Phi) is 6.81. The van der Waals surface area contributed by atoms with Crippen LogP contribution in [0.5, 0.6) is 0 Å². The van der Waals surface area contributed by atoms with Gasteiger partial charge in [0, 0.05) is 10.7 Å².